The van der Waals surface area contributed by atoms with E-state index < -0.39 is 0 Å². The van der Waals surface area contributed by atoms with Gasteiger partial charge in [-0.15, -0.1) is 0 Å². The van der Waals surface area contributed by atoms with Gasteiger partial charge in [-0.3, -0.25) is 4.79 Å². The molecule has 3 saturated carbocycles. The van der Waals surface area contributed by atoms with Crippen LogP contribution in [0.4, 0.5) is 0 Å². The quantitative estimate of drug-likeness (QED) is 0.501. The molecule has 0 aromatic heterocycles. The molecular weight excluding hydrogens is 388 g/mol. The van der Waals surface area contributed by atoms with E-state index in [4.69, 9.17) is 0 Å². The van der Waals surface area contributed by atoms with Gasteiger partial charge in [0.25, 0.3) is 0 Å². The van der Waals surface area contributed by atoms with Crippen LogP contribution in [-0.4, -0.2) is 39.9 Å². The Bertz CT molecular complexity index is 618. The van der Waals surface area contributed by atoms with Crippen LogP contribution in [0.5, 0.6) is 0 Å². The lowest BCUT2D eigenvalue weighted by Crippen LogP contribution is -2.52. The predicted molar refractivity (Wildman–Crippen MR) is 124 cm³/mol. The van der Waals surface area contributed by atoms with Crippen molar-refractivity contribution in [2.75, 3.05) is 6.61 Å². The molecule has 0 aromatic rings. The number of aliphatic hydroxyl groups excluding tert-OH is 3. The van der Waals surface area contributed by atoms with Crippen molar-refractivity contribution in [1.29, 1.82) is 0 Å². The highest BCUT2D eigenvalue weighted by molar-refractivity contribution is 5.88. The zero-order valence-corrected chi connectivity index (χ0v) is 20.6. The van der Waals surface area contributed by atoms with Gasteiger partial charge in [-0.05, 0) is 99.2 Å². The Labute approximate surface area is 190 Å². The fourth-order valence-electron chi connectivity index (χ4n) is 7.92. The molecule has 3 N–H and O–H groups in total. The van der Waals surface area contributed by atoms with E-state index in [2.05, 4.69) is 34.6 Å². The summed E-state index contributed by atoms with van der Waals surface area (Å²) in [5.74, 6) is 2.23. The van der Waals surface area contributed by atoms with Crippen molar-refractivity contribution in [3.05, 3.63) is 0 Å². The van der Waals surface area contributed by atoms with Crippen LogP contribution in [0.25, 0.3) is 0 Å². The van der Waals surface area contributed by atoms with E-state index in [1.807, 2.05) is 0 Å². The van der Waals surface area contributed by atoms with Crippen LogP contribution < -0.4 is 0 Å². The maximum absolute atomic E-state index is 13.9. The highest BCUT2D eigenvalue weighted by atomic mass is 16.3. The predicted octanol–water partition coefficient (Wildman–Crippen LogP) is 4.98. The van der Waals surface area contributed by atoms with Gasteiger partial charge in [-0.25, -0.2) is 0 Å². The fourth-order valence-corrected chi connectivity index (χ4v) is 7.92. The zero-order valence-electron chi connectivity index (χ0n) is 20.6. The maximum Gasteiger partial charge on any atom is 0.142 e. The molecule has 180 valence electrons. The van der Waals surface area contributed by atoms with E-state index in [-0.39, 0.29) is 41.5 Å². The minimum absolute atomic E-state index is 0.0676. The Morgan fingerprint density at radius 3 is 2.39 bits per heavy atom. The number of fused-ring (bicyclic) bond motifs is 1. The molecule has 0 radical (unpaired) electrons. The molecule has 0 aromatic carbocycles. The van der Waals surface area contributed by atoms with Gasteiger partial charge in [0, 0.05) is 17.9 Å². The average Bonchev–Trinajstić information content (AvgIpc) is 3.04. The standard InChI is InChI=1S/C27H48O4/c1-17(2)6-11-24(30)18(3)22-9-10-23(27(22,5)14-15-28)21-8-7-19-16-20(29)12-13-26(19,4)25(21)31/h17-24,28-30H,6-16H2,1-5H3/t18-,19-,20-,21?,22+,23?,24+,26-,27+/m0/s1. The van der Waals surface area contributed by atoms with E-state index in [0.717, 1.165) is 57.8 Å². The minimum Gasteiger partial charge on any atom is -0.396 e. The molecule has 3 aliphatic carbocycles. The lowest BCUT2D eigenvalue weighted by atomic mass is 9.52. The molecule has 4 heteroatoms. The third-order valence-corrected chi connectivity index (χ3v) is 10.1. The number of hydrogen-bond donors (Lipinski definition) is 3. The fraction of sp³-hybridized carbons (Fsp3) is 0.963. The third-order valence-electron chi connectivity index (χ3n) is 10.1. The molecule has 0 heterocycles. The number of ketones is 1. The van der Waals surface area contributed by atoms with Crippen molar-refractivity contribution in [3.63, 3.8) is 0 Å². The van der Waals surface area contributed by atoms with Crippen molar-refractivity contribution < 1.29 is 20.1 Å². The number of aliphatic hydroxyl groups is 3. The Morgan fingerprint density at radius 1 is 1.03 bits per heavy atom. The van der Waals surface area contributed by atoms with Gasteiger partial charge in [0.05, 0.1) is 12.2 Å². The molecular formula is C27H48O4. The van der Waals surface area contributed by atoms with Crippen LogP contribution in [0.15, 0.2) is 0 Å². The molecule has 4 nitrogen and oxygen atoms in total. The summed E-state index contributed by atoms with van der Waals surface area (Å²) < 4.78 is 0. The van der Waals surface area contributed by atoms with Crippen LogP contribution in [0.3, 0.4) is 0 Å². The molecule has 0 bridgehead atoms. The van der Waals surface area contributed by atoms with E-state index in [1.54, 1.807) is 0 Å². The van der Waals surface area contributed by atoms with Gasteiger partial charge in [-0.2, -0.15) is 0 Å². The molecule has 3 fully saturated rings. The summed E-state index contributed by atoms with van der Waals surface area (Å²) in [4.78, 5) is 13.9. The van der Waals surface area contributed by atoms with Crippen LogP contribution in [0.2, 0.25) is 0 Å². The van der Waals surface area contributed by atoms with E-state index in [0.29, 0.717) is 35.9 Å². The highest BCUT2D eigenvalue weighted by Gasteiger charge is 2.57. The summed E-state index contributed by atoms with van der Waals surface area (Å²) in [7, 11) is 0. The van der Waals surface area contributed by atoms with Crippen molar-refractivity contribution >= 4 is 5.78 Å². The molecule has 0 amide bonds. The summed E-state index contributed by atoms with van der Waals surface area (Å²) in [5.41, 5.74) is -0.395. The lowest BCUT2D eigenvalue weighted by molar-refractivity contribution is -0.150. The molecule has 3 aliphatic rings. The van der Waals surface area contributed by atoms with E-state index in [1.165, 1.54) is 0 Å². The van der Waals surface area contributed by atoms with Gasteiger partial charge >= 0.3 is 0 Å². The van der Waals surface area contributed by atoms with Gasteiger partial charge in [0.2, 0.25) is 0 Å². The van der Waals surface area contributed by atoms with Crippen LogP contribution >= 0.6 is 0 Å². The first-order chi connectivity index (χ1) is 14.5. The normalized spacial score (nSPS) is 43.1. The smallest absolute Gasteiger partial charge is 0.142 e. The summed E-state index contributed by atoms with van der Waals surface area (Å²) in [5, 5.41) is 31.1. The van der Waals surface area contributed by atoms with Crippen LogP contribution in [-0.2, 0) is 4.79 Å². The third kappa shape index (κ3) is 4.77. The molecule has 9 atom stereocenters. The van der Waals surface area contributed by atoms with E-state index >= 15 is 0 Å². The second kappa shape index (κ2) is 9.81. The molecule has 0 spiro atoms. The summed E-state index contributed by atoms with van der Waals surface area (Å²) in [6, 6.07) is 0. The summed E-state index contributed by atoms with van der Waals surface area (Å²) >= 11 is 0. The Morgan fingerprint density at radius 2 is 1.74 bits per heavy atom. The Kier molecular flexibility index (Phi) is 7.97. The van der Waals surface area contributed by atoms with Crippen LogP contribution in [0, 0.1) is 46.3 Å². The lowest BCUT2D eigenvalue weighted by Gasteiger charge is -2.51. The molecule has 3 rings (SSSR count). The number of rotatable bonds is 8. The largest absolute Gasteiger partial charge is 0.396 e. The first-order valence-electron chi connectivity index (χ1n) is 13.1. The average molecular weight is 437 g/mol. The van der Waals surface area contributed by atoms with Crippen molar-refractivity contribution in [2.45, 2.75) is 111 Å². The summed E-state index contributed by atoms with van der Waals surface area (Å²) in [6.07, 6.45) is 8.38. The Hall–Kier alpha value is -0.450. The molecule has 0 saturated heterocycles. The molecule has 31 heavy (non-hydrogen) atoms. The number of Topliss-reactive ketones (excluding diaryl/α,β-unsaturated/α-hetero) is 1. The number of hydrogen-bond acceptors (Lipinski definition) is 4. The second-order valence-electron chi connectivity index (χ2n) is 12.3. The molecule has 2 unspecified atom stereocenters. The second-order valence-corrected chi connectivity index (χ2v) is 12.3. The Balaban J connectivity index is 1.79. The van der Waals surface area contributed by atoms with Crippen molar-refractivity contribution in [3.8, 4) is 0 Å². The highest BCUT2D eigenvalue weighted by Crippen LogP contribution is 2.60. The van der Waals surface area contributed by atoms with Crippen LogP contribution in [0.1, 0.15) is 98.8 Å². The zero-order chi connectivity index (χ0) is 23.0. The number of carbonyl (C=O) groups is 1. The van der Waals surface area contributed by atoms with Gasteiger partial charge in [0.1, 0.15) is 5.78 Å². The van der Waals surface area contributed by atoms with Crippen molar-refractivity contribution in [1.82, 2.24) is 0 Å². The van der Waals surface area contributed by atoms with Gasteiger partial charge in [0.15, 0.2) is 0 Å². The maximum atomic E-state index is 13.9. The first kappa shape index (κ1) is 25.2. The first-order valence-corrected chi connectivity index (χ1v) is 13.1. The minimum atomic E-state index is -0.312. The SMILES string of the molecule is CC(C)CC[C@@H](O)[C@@H](C)[C@H]1CCC(C2CC[C@H]3C[C@@H](O)CC[C@]3(C)C2=O)[C@]1(C)CCO. The van der Waals surface area contributed by atoms with Crippen molar-refractivity contribution in [2.24, 2.45) is 46.3 Å². The van der Waals surface area contributed by atoms with E-state index in [9.17, 15) is 20.1 Å². The number of carbonyl (C=O) groups excluding carboxylic acids is 1. The van der Waals surface area contributed by atoms with Gasteiger partial charge < -0.3 is 15.3 Å². The van der Waals surface area contributed by atoms with Gasteiger partial charge in [-0.1, -0.05) is 34.6 Å². The molecule has 0 aliphatic heterocycles. The topological polar surface area (TPSA) is 77.8 Å². The monoisotopic (exact) mass is 436 g/mol. The summed E-state index contributed by atoms with van der Waals surface area (Å²) in [6.45, 7) is 11.2.